The molecule has 0 fully saturated rings. The zero-order valence-corrected chi connectivity index (χ0v) is 8.80. The first-order valence-corrected chi connectivity index (χ1v) is 4.91. The number of anilines is 1. The summed E-state index contributed by atoms with van der Waals surface area (Å²) < 4.78 is 0. The van der Waals surface area contributed by atoms with Crippen LogP contribution in [0.5, 0.6) is 0 Å². The second-order valence-electron chi connectivity index (χ2n) is 2.94. The number of aromatic nitrogens is 2. The Morgan fingerprint density at radius 3 is 2.87 bits per heavy atom. The Labute approximate surface area is 89.2 Å². The van der Waals surface area contributed by atoms with Crippen LogP contribution in [0.15, 0.2) is 29.8 Å². The van der Waals surface area contributed by atoms with E-state index < -0.39 is 0 Å². The molecule has 0 aromatic carbocycles. The lowest BCUT2D eigenvalue weighted by atomic mass is 10.5. The number of nitrogens with zero attached hydrogens (tertiary/aromatic N) is 3. The molecule has 1 aliphatic heterocycles. The zero-order chi connectivity index (χ0) is 10.9. The van der Waals surface area contributed by atoms with E-state index in [2.05, 4.69) is 15.0 Å². The van der Waals surface area contributed by atoms with Gasteiger partial charge >= 0.3 is 0 Å². The van der Waals surface area contributed by atoms with Gasteiger partial charge in [0.25, 0.3) is 0 Å². The molecule has 0 bridgehead atoms. The molecule has 2 heterocycles. The standard InChI is InChI=1S/C7H8N4.C3H8O/c1-2-8-6-11(3-1)7-4-9-5-10-7;1-2-3-4/h1-5H,6H2,(H,9,10);4H,2-3H2,1H3. The van der Waals surface area contributed by atoms with Crippen molar-refractivity contribution in [1.29, 1.82) is 0 Å². The fourth-order valence-electron chi connectivity index (χ4n) is 0.944. The molecule has 0 radical (unpaired) electrons. The van der Waals surface area contributed by atoms with Crippen molar-refractivity contribution in [1.82, 2.24) is 9.97 Å². The van der Waals surface area contributed by atoms with Gasteiger partial charge in [-0.2, -0.15) is 0 Å². The molecule has 0 atom stereocenters. The van der Waals surface area contributed by atoms with Gasteiger partial charge in [-0.3, -0.25) is 4.99 Å². The van der Waals surface area contributed by atoms with Gasteiger partial charge in [0.05, 0.1) is 6.33 Å². The van der Waals surface area contributed by atoms with Crippen LogP contribution < -0.4 is 4.90 Å². The third kappa shape index (κ3) is 3.95. The first kappa shape index (κ1) is 11.5. The maximum absolute atomic E-state index is 7.88. The lowest BCUT2D eigenvalue weighted by molar-refractivity contribution is 0.295. The Morgan fingerprint density at radius 2 is 2.40 bits per heavy atom. The average Bonchev–Trinajstić information content (AvgIpc) is 2.84. The molecular weight excluding hydrogens is 192 g/mol. The molecule has 1 aromatic heterocycles. The minimum atomic E-state index is 0.319. The number of H-pyrrole nitrogens is 1. The van der Waals surface area contributed by atoms with E-state index in [1.165, 1.54) is 0 Å². The predicted octanol–water partition coefficient (Wildman–Crippen LogP) is 1.16. The van der Waals surface area contributed by atoms with Crippen LogP contribution in [0.3, 0.4) is 0 Å². The monoisotopic (exact) mass is 208 g/mol. The van der Waals surface area contributed by atoms with Crippen molar-refractivity contribution in [3.05, 3.63) is 24.8 Å². The third-order valence-corrected chi connectivity index (χ3v) is 1.69. The highest BCUT2D eigenvalue weighted by Gasteiger charge is 2.03. The number of imidazole rings is 1. The molecule has 15 heavy (non-hydrogen) atoms. The smallest absolute Gasteiger partial charge is 0.152 e. The van der Waals surface area contributed by atoms with E-state index in [1.54, 1.807) is 12.5 Å². The van der Waals surface area contributed by atoms with Crippen LogP contribution >= 0.6 is 0 Å². The van der Waals surface area contributed by atoms with Gasteiger partial charge in [-0.15, -0.1) is 0 Å². The summed E-state index contributed by atoms with van der Waals surface area (Å²) in [5, 5.41) is 7.88. The van der Waals surface area contributed by atoms with Crippen LogP contribution in [0.4, 0.5) is 5.82 Å². The van der Waals surface area contributed by atoms with E-state index in [1.807, 2.05) is 30.3 Å². The summed E-state index contributed by atoms with van der Waals surface area (Å²) in [7, 11) is 0. The van der Waals surface area contributed by atoms with E-state index >= 15 is 0 Å². The van der Waals surface area contributed by atoms with Crippen molar-refractivity contribution in [3.63, 3.8) is 0 Å². The number of nitrogens with one attached hydrogen (secondary N) is 1. The minimum absolute atomic E-state index is 0.319. The Balaban J connectivity index is 0.000000245. The molecule has 0 spiro atoms. The highest BCUT2D eigenvalue weighted by molar-refractivity contribution is 5.73. The highest BCUT2D eigenvalue weighted by Crippen LogP contribution is 2.09. The van der Waals surface area contributed by atoms with Gasteiger partial charge in [0.2, 0.25) is 0 Å². The second kappa shape index (κ2) is 6.78. The molecule has 5 heteroatoms. The summed E-state index contributed by atoms with van der Waals surface area (Å²) >= 11 is 0. The molecule has 0 saturated carbocycles. The first-order valence-electron chi connectivity index (χ1n) is 4.91. The van der Waals surface area contributed by atoms with Crippen LogP contribution in [0.25, 0.3) is 0 Å². The van der Waals surface area contributed by atoms with Crippen LogP contribution in [-0.4, -0.2) is 34.6 Å². The van der Waals surface area contributed by atoms with Crippen molar-refractivity contribution >= 4 is 12.0 Å². The fraction of sp³-hybridized carbons (Fsp3) is 0.400. The number of allylic oxidation sites excluding steroid dienone is 1. The summed E-state index contributed by atoms with van der Waals surface area (Å²) in [6.45, 7) is 2.90. The largest absolute Gasteiger partial charge is 0.396 e. The average molecular weight is 208 g/mol. The number of aliphatic hydroxyl groups is 1. The van der Waals surface area contributed by atoms with E-state index in [-0.39, 0.29) is 0 Å². The highest BCUT2D eigenvalue weighted by atomic mass is 16.2. The lowest BCUT2D eigenvalue weighted by Crippen LogP contribution is -2.18. The van der Waals surface area contributed by atoms with Gasteiger partial charge in [0.15, 0.2) is 5.82 Å². The Kier molecular flexibility index (Phi) is 5.18. The van der Waals surface area contributed by atoms with Crippen molar-refractivity contribution in [2.45, 2.75) is 13.3 Å². The fourth-order valence-corrected chi connectivity index (χ4v) is 0.944. The summed E-state index contributed by atoms with van der Waals surface area (Å²) in [5.41, 5.74) is 0. The van der Waals surface area contributed by atoms with E-state index in [4.69, 9.17) is 5.11 Å². The van der Waals surface area contributed by atoms with Crippen LogP contribution in [0.1, 0.15) is 13.3 Å². The Morgan fingerprint density at radius 1 is 1.60 bits per heavy atom. The van der Waals surface area contributed by atoms with Crippen LogP contribution in [0.2, 0.25) is 0 Å². The molecule has 0 aliphatic carbocycles. The Bertz CT molecular complexity index is 303. The van der Waals surface area contributed by atoms with E-state index in [9.17, 15) is 0 Å². The van der Waals surface area contributed by atoms with Crippen molar-refractivity contribution in [3.8, 4) is 0 Å². The molecule has 82 valence electrons. The summed E-state index contributed by atoms with van der Waals surface area (Å²) in [5.74, 6) is 0.901. The number of hydrogen-bond acceptors (Lipinski definition) is 4. The predicted molar refractivity (Wildman–Crippen MR) is 60.9 cm³/mol. The molecular formula is C10H16N4O. The second-order valence-corrected chi connectivity index (χ2v) is 2.94. The van der Waals surface area contributed by atoms with Gasteiger partial charge in [0, 0.05) is 25.2 Å². The molecule has 5 nitrogen and oxygen atoms in total. The maximum atomic E-state index is 7.88. The number of hydrogen-bond donors (Lipinski definition) is 2. The summed E-state index contributed by atoms with van der Waals surface area (Å²) in [6.07, 6.45) is 9.98. The van der Waals surface area contributed by atoms with Gasteiger partial charge in [-0.25, -0.2) is 4.98 Å². The van der Waals surface area contributed by atoms with Crippen molar-refractivity contribution in [2.24, 2.45) is 4.99 Å². The van der Waals surface area contributed by atoms with Gasteiger partial charge in [-0.1, -0.05) is 6.92 Å². The first-order chi connectivity index (χ1) is 7.38. The maximum Gasteiger partial charge on any atom is 0.152 e. The number of aromatic amines is 1. The summed E-state index contributed by atoms with van der Waals surface area (Å²) in [6, 6.07) is 0. The molecule has 0 unspecified atom stereocenters. The topological polar surface area (TPSA) is 64.5 Å². The number of aliphatic hydroxyl groups excluding tert-OH is 1. The van der Waals surface area contributed by atoms with Crippen LogP contribution in [0, 0.1) is 0 Å². The SMILES string of the molecule is C1=CN(c2c[nH]cn2)CN=C1.CCCO. The van der Waals surface area contributed by atoms with Gasteiger partial charge in [-0.05, 0) is 12.5 Å². The molecule has 1 aliphatic rings. The third-order valence-electron chi connectivity index (χ3n) is 1.69. The Hall–Kier alpha value is -1.62. The van der Waals surface area contributed by atoms with Crippen molar-refractivity contribution < 1.29 is 5.11 Å². The molecule has 0 saturated heterocycles. The minimum Gasteiger partial charge on any atom is -0.396 e. The normalized spacial score (nSPS) is 13.6. The summed E-state index contributed by atoms with van der Waals surface area (Å²) in [4.78, 5) is 13.0. The molecule has 1 aromatic rings. The zero-order valence-electron chi connectivity index (χ0n) is 8.80. The lowest BCUT2D eigenvalue weighted by Gasteiger charge is -2.15. The molecule has 2 rings (SSSR count). The van der Waals surface area contributed by atoms with E-state index in [0.717, 1.165) is 12.2 Å². The number of aliphatic imine (C=N–C) groups is 1. The van der Waals surface area contributed by atoms with Gasteiger partial charge < -0.3 is 15.0 Å². The number of rotatable bonds is 2. The molecule has 2 N–H and O–H groups in total. The van der Waals surface area contributed by atoms with Gasteiger partial charge in [0.1, 0.15) is 6.67 Å². The van der Waals surface area contributed by atoms with Crippen molar-refractivity contribution in [2.75, 3.05) is 18.2 Å². The quantitative estimate of drug-likeness (QED) is 0.766. The molecule has 0 amide bonds. The van der Waals surface area contributed by atoms with E-state index in [0.29, 0.717) is 13.3 Å². The van der Waals surface area contributed by atoms with Crippen LogP contribution in [-0.2, 0) is 0 Å².